The molecule has 0 bridgehead atoms. The number of rotatable bonds is 5. The molecule has 7 heteroatoms. The van der Waals surface area contributed by atoms with E-state index in [0.29, 0.717) is 18.8 Å². The second-order valence-electron chi connectivity index (χ2n) is 5.55. The predicted molar refractivity (Wildman–Crippen MR) is 81.8 cm³/mol. The highest BCUT2D eigenvalue weighted by atomic mass is 19.4. The molecule has 2 rings (SSSR count). The van der Waals surface area contributed by atoms with E-state index in [-0.39, 0.29) is 5.56 Å². The van der Waals surface area contributed by atoms with Gasteiger partial charge in [-0.3, -0.25) is 9.69 Å². The molecule has 1 N–H and O–H groups in total. The Kier molecular flexibility index (Phi) is 6.01. The third kappa shape index (κ3) is 5.21. The number of carbonyl (C=O) groups is 1. The van der Waals surface area contributed by atoms with Crippen LogP contribution in [0.1, 0.15) is 29.3 Å². The molecule has 1 aliphatic heterocycles. The van der Waals surface area contributed by atoms with Crippen molar-refractivity contribution in [3.63, 3.8) is 0 Å². The zero-order valence-corrected chi connectivity index (χ0v) is 13.1. The zero-order chi connectivity index (χ0) is 16.9. The lowest BCUT2D eigenvalue weighted by molar-refractivity contribution is -0.137. The minimum Gasteiger partial charge on any atom is -0.384 e. The summed E-state index contributed by atoms with van der Waals surface area (Å²) < 4.78 is 44.5. The molecule has 1 aromatic carbocycles. The first-order valence-corrected chi connectivity index (χ1v) is 7.64. The second kappa shape index (κ2) is 7.79. The molecule has 1 aliphatic rings. The van der Waals surface area contributed by atoms with Crippen LogP contribution in [0.2, 0.25) is 0 Å². The van der Waals surface area contributed by atoms with Gasteiger partial charge in [-0.05, 0) is 31.5 Å². The van der Waals surface area contributed by atoms with E-state index in [1.54, 1.807) is 0 Å². The number of anilines is 1. The maximum Gasteiger partial charge on any atom is 0.417 e. The van der Waals surface area contributed by atoms with E-state index >= 15 is 0 Å². The minimum atomic E-state index is -4.54. The zero-order valence-electron chi connectivity index (χ0n) is 13.1. The van der Waals surface area contributed by atoms with Gasteiger partial charge in [0.05, 0.1) is 12.2 Å². The van der Waals surface area contributed by atoms with Gasteiger partial charge in [-0.25, -0.2) is 0 Å². The fraction of sp³-hybridized carbons (Fsp3) is 0.562. The van der Waals surface area contributed by atoms with Crippen molar-refractivity contribution in [1.29, 1.82) is 0 Å². The van der Waals surface area contributed by atoms with Gasteiger partial charge in [-0.1, -0.05) is 0 Å². The average Bonchev–Trinajstić information content (AvgIpc) is 2.75. The van der Waals surface area contributed by atoms with Gasteiger partial charge >= 0.3 is 6.18 Å². The Bertz CT molecular complexity index is 539. The SMILES string of the molecule is CC(=O)c1ccc(NCCN2CCCOCC2)cc1C(F)(F)F. The number of ether oxygens (including phenoxy) is 1. The highest BCUT2D eigenvalue weighted by molar-refractivity contribution is 5.96. The van der Waals surface area contributed by atoms with Crippen molar-refractivity contribution in [3.05, 3.63) is 29.3 Å². The van der Waals surface area contributed by atoms with Gasteiger partial charge in [-0.15, -0.1) is 0 Å². The van der Waals surface area contributed by atoms with E-state index in [2.05, 4.69) is 10.2 Å². The van der Waals surface area contributed by atoms with E-state index < -0.39 is 17.5 Å². The van der Waals surface area contributed by atoms with E-state index in [4.69, 9.17) is 4.74 Å². The van der Waals surface area contributed by atoms with Gasteiger partial charge in [0, 0.05) is 44.0 Å². The summed E-state index contributed by atoms with van der Waals surface area (Å²) in [5, 5.41) is 3.00. The highest BCUT2D eigenvalue weighted by Gasteiger charge is 2.34. The summed E-state index contributed by atoms with van der Waals surface area (Å²) in [6.07, 6.45) is -3.58. The van der Waals surface area contributed by atoms with Crippen LogP contribution in [-0.4, -0.2) is 50.1 Å². The summed E-state index contributed by atoms with van der Waals surface area (Å²) in [6, 6.07) is 3.74. The average molecular weight is 330 g/mol. The van der Waals surface area contributed by atoms with Crippen molar-refractivity contribution in [1.82, 2.24) is 4.90 Å². The predicted octanol–water partition coefficient (Wildman–Crippen LogP) is 3.04. The lowest BCUT2D eigenvalue weighted by Gasteiger charge is -2.20. The number of carbonyl (C=O) groups excluding carboxylic acids is 1. The molecule has 128 valence electrons. The summed E-state index contributed by atoms with van der Waals surface area (Å²) in [5.74, 6) is -0.589. The van der Waals surface area contributed by atoms with Crippen LogP contribution in [0.25, 0.3) is 0 Å². The Morgan fingerprint density at radius 2 is 2.09 bits per heavy atom. The number of nitrogens with zero attached hydrogens (tertiary/aromatic N) is 1. The molecule has 0 unspecified atom stereocenters. The molecule has 1 fully saturated rings. The Morgan fingerprint density at radius 3 is 2.78 bits per heavy atom. The third-order valence-corrected chi connectivity index (χ3v) is 3.78. The van der Waals surface area contributed by atoms with Crippen LogP contribution in [0.3, 0.4) is 0 Å². The van der Waals surface area contributed by atoms with Crippen molar-refractivity contribution in [2.75, 3.05) is 44.7 Å². The smallest absolute Gasteiger partial charge is 0.384 e. The number of hydrogen-bond acceptors (Lipinski definition) is 4. The Labute approximate surface area is 133 Å². The van der Waals surface area contributed by atoms with Crippen LogP contribution in [0.5, 0.6) is 0 Å². The maximum absolute atomic E-state index is 13.0. The molecule has 0 aliphatic carbocycles. The number of nitrogens with one attached hydrogen (secondary N) is 1. The minimum absolute atomic E-state index is 0.298. The molecular formula is C16H21F3N2O2. The van der Waals surface area contributed by atoms with Crippen molar-refractivity contribution >= 4 is 11.5 Å². The van der Waals surface area contributed by atoms with Crippen LogP contribution < -0.4 is 5.32 Å². The molecule has 0 spiro atoms. The van der Waals surface area contributed by atoms with Crippen molar-refractivity contribution in [3.8, 4) is 0 Å². The Morgan fingerprint density at radius 1 is 1.30 bits per heavy atom. The van der Waals surface area contributed by atoms with Gasteiger partial charge in [0.2, 0.25) is 0 Å². The van der Waals surface area contributed by atoms with Crippen molar-refractivity contribution < 1.29 is 22.7 Å². The van der Waals surface area contributed by atoms with Gasteiger partial charge in [0.25, 0.3) is 0 Å². The molecular weight excluding hydrogens is 309 g/mol. The van der Waals surface area contributed by atoms with Crippen LogP contribution in [0.15, 0.2) is 18.2 Å². The third-order valence-electron chi connectivity index (χ3n) is 3.78. The summed E-state index contributed by atoms with van der Waals surface area (Å²) in [6.45, 7) is 5.61. The Hall–Kier alpha value is -1.60. The first-order valence-electron chi connectivity index (χ1n) is 7.64. The molecule has 0 amide bonds. The topological polar surface area (TPSA) is 41.6 Å². The number of ketones is 1. The monoisotopic (exact) mass is 330 g/mol. The van der Waals surface area contributed by atoms with Gasteiger partial charge in [0.1, 0.15) is 0 Å². The number of Topliss-reactive ketones (excluding diaryl/α,β-unsaturated/α-hetero) is 1. The van der Waals surface area contributed by atoms with E-state index in [1.807, 2.05) is 0 Å². The van der Waals surface area contributed by atoms with Crippen LogP contribution in [0, 0.1) is 0 Å². The largest absolute Gasteiger partial charge is 0.417 e. The standard InChI is InChI=1S/C16H21F3N2O2/c1-12(22)14-4-3-13(11-15(14)16(17,18)19)20-5-7-21-6-2-9-23-10-8-21/h3-4,11,20H,2,5-10H2,1H3. The fourth-order valence-corrected chi connectivity index (χ4v) is 2.58. The quantitative estimate of drug-likeness (QED) is 0.843. The molecule has 0 radical (unpaired) electrons. The lowest BCUT2D eigenvalue weighted by atomic mass is 10.0. The molecule has 1 aromatic rings. The first kappa shape index (κ1) is 17.7. The number of hydrogen-bond donors (Lipinski definition) is 1. The summed E-state index contributed by atoms with van der Waals surface area (Å²) in [4.78, 5) is 13.6. The molecule has 4 nitrogen and oxygen atoms in total. The van der Waals surface area contributed by atoms with Crippen LogP contribution >= 0.6 is 0 Å². The highest BCUT2D eigenvalue weighted by Crippen LogP contribution is 2.34. The molecule has 1 saturated heterocycles. The maximum atomic E-state index is 13.0. The first-order chi connectivity index (χ1) is 10.9. The van der Waals surface area contributed by atoms with Gasteiger partial charge < -0.3 is 10.1 Å². The Balaban J connectivity index is 1.98. The second-order valence-corrected chi connectivity index (χ2v) is 5.55. The van der Waals surface area contributed by atoms with E-state index in [9.17, 15) is 18.0 Å². The normalized spacial score (nSPS) is 16.9. The van der Waals surface area contributed by atoms with E-state index in [0.717, 1.165) is 45.7 Å². The van der Waals surface area contributed by atoms with Gasteiger partial charge in [-0.2, -0.15) is 13.2 Å². The van der Waals surface area contributed by atoms with Gasteiger partial charge in [0.15, 0.2) is 5.78 Å². The summed E-state index contributed by atoms with van der Waals surface area (Å²) in [7, 11) is 0. The molecule has 0 atom stereocenters. The van der Waals surface area contributed by atoms with E-state index in [1.165, 1.54) is 12.1 Å². The molecule has 0 saturated carbocycles. The summed E-state index contributed by atoms with van der Waals surface area (Å²) in [5.41, 5.74) is -0.820. The summed E-state index contributed by atoms with van der Waals surface area (Å²) >= 11 is 0. The van der Waals surface area contributed by atoms with Crippen molar-refractivity contribution in [2.45, 2.75) is 19.5 Å². The number of alkyl halides is 3. The van der Waals surface area contributed by atoms with Crippen molar-refractivity contribution in [2.24, 2.45) is 0 Å². The fourth-order valence-electron chi connectivity index (χ4n) is 2.58. The number of halogens is 3. The molecule has 23 heavy (non-hydrogen) atoms. The lowest BCUT2D eigenvalue weighted by Crippen LogP contribution is -2.31. The number of benzene rings is 1. The van der Waals surface area contributed by atoms with Crippen LogP contribution in [0.4, 0.5) is 18.9 Å². The van der Waals surface area contributed by atoms with Crippen LogP contribution in [-0.2, 0) is 10.9 Å². The molecule has 1 heterocycles. The molecule has 0 aromatic heterocycles.